The third-order valence-corrected chi connectivity index (χ3v) is 3.27. The van der Waals surface area contributed by atoms with E-state index in [9.17, 15) is 0 Å². The highest BCUT2D eigenvalue weighted by Gasteiger charge is 2.12. The van der Waals surface area contributed by atoms with Crippen molar-refractivity contribution in [2.24, 2.45) is 0 Å². The van der Waals surface area contributed by atoms with Crippen LogP contribution in [0.25, 0.3) is 11.0 Å². The predicted molar refractivity (Wildman–Crippen MR) is 75.2 cm³/mol. The fraction of sp³-hybridized carbons (Fsp3) is 0.0769. The molecule has 3 rings (SSSR count). The summed E-state index contributed by atoms with van der Waals surface area (Å²) in [6.45, 7) is 1.97. The van der Waals surface area contributed by atoms with Crippen molar-refractivity contribution < 1.29 is 9.37 Å². The second-order valence-corrected chi connectivity index (χ2v) is 5.04. The first-order chi connectivity index (χ1) is 9.15. The Hall–Kier alpha value is -2.08. The van der Waals surface area contributed by atoms with E-state index in [0.29, 0.717) is 22.5 Å². The Morgan fingerprint density at radius 1 is 1.11 bits per heavy atom. The molecule has 0 amide bonds. The van der Waals surface area contributed by atoms with E-state index in [1.807, 2.05) is 25.1 Å². The van der Waals surface area contributed by atoms with Gasteiger partial charge in [-0.05, 0) is 47.1 Å². The van der Waals surface area contributed by atoms with Crippen LogP contribution in [0.5, 0.6) is 11.5 Å². The summed E-state index contributed by atoms with van der Waals surface area (Å²) < 4.78 is 11.5. The van der Waals surface area contributed by atoms with Crippen LogP contribution in [0.1, 0.15) is 5.56 Å². The third-order valence-electron chi connectivity index (χ3n) is 2.78. The number of anilines is 1. The smallest absolute Gasteiger partial charge is 0.179 e. The van der Waals surface area contributed by atoms with E-state index in [-0.39, 0.29) is 0 Å². The first-order valence-corrected chi connectivity index (χ1v) is 6.39. The van der Waals surface area contributed by atoms with Crippen molar-refractivity contribution in [3.63, 3.8) is 0 Å². The Morgan fingerprint density at radius 3 is 2.74 bits per heavy atom. The van der Waals surface area contributed by atoms with Crippen molar-refractivity contribution in [2.75, 3.05) is 5.73 Å². The third kappa shape index (κ3) is 2.15. The average molecular weight is 320 g/mol. The SMILES string of the molecule is Cc1ccc(Br)cc1Oc1ccc(N)c2nonc12. The van der Waals surface area contributed by atoms with Crippen LogP contribution in [0.4, 0.5) is 5.69 Å². The van der Waals surface area contributed by atoms with Gasteiger partial charge in [0, 0.05) is 4.47 Å². The van der Waals surface area contributed by atoms with Crippen molar-refractivity contribution in [2.45, 2.75) is 6.92 Å². The van der Waals surface area contributed by atoms with Crippen LogP contribution >= 0.6 is 15.9 Å². The highest BCUT2D eigenvalue weighted by molar-refractivity contribution is 9.10. The quantitative estimate of drug-likeness (QED) is 0.729. The van der Waals surface area contributed by atoms with E-state index < -0.39 is 0 Å². The maximum Gasteiger partial charge on any atom is 0.179 e. The van der Waals surface area contributed by atoms with E-state index in [1.165, 1.54) is 0 Å². The minimum Gasteiger partial charge on any atom is -0.455 e. The summed E-state index contributed by atoms with van der Waals surface area (Å²) in [6.07, 6.45) is 0. The fourth-order valence-electron chi connectivity index (χ4n) is 1.75. The lowest BCUT2D eigenvalue weighted by atomic mass is 10.2. The molecule has 0 aliphatic rings. The zero-order valence-corrected chi connectivity index (χ0v) is 11.6. The Balaban J connectivity index is 2.08. The van der Waals surface area contributed by atoms with Crippen molar-refractivity contribution in [3.05, 3.63) is 40.4 Å². The molecule has 2 aromatic carbocycles. The molecule has 3 aromatic rings. The number of hydrogen-bond donors (Lipinski definition) is 1. The number of nitrogens with zero attached hydrogens (tertiary/aromatic N) is 2. The molecule has 0 atom stereocenters. The molecule has 19 heavy (non-hydrogen) atoms. The molecule has 0 fully saturated rings. The predicted octanol–water partition coefficient (Wildman–Crippen LogP) is 3.67. The van der Waals surface area contributed by atoms with Crippen LogP contribution in [-0.2, 0) is 0 Å². The summed E-state index contributed by atoms with van der Waals surface area (Å²) in [4.78, 5) is 0. The van der Waals surface area contributed by atoms with Gasteiger partial charge in [-0.2, -0.15) is 0 Å². The standard InChI is InChI=1S/C13H10BrN3O2/c1-7-2-3-8(14)6-11(7)18-10-5-4-9(15)12-13(10)17-19-16-12/h2-6H,15H2,1H3. The first-order valence-electron chi connectivity index (χ1n) is 5.60. The number of nitrogens with two attached hydrogens (primary N) is 1. The number of benzene rings is 2. The van der Waals surface area contributed by atoms with E-state index in [2.05, 4.69) is 26.2 Å². The second-order valence-electron chi connectivity index (χ2n) is 4.13. The fourth-order valence-corrected chi connectivity index (χ4v) is 2.09. The van der Waals surface area contributed by atoms with Crippen molar-refractivity contribution >= 4 is 32.7 Å². The summed E-state index contributed by atoms with van der Waals surface area (Å²) in [5.41, 5.74) is 8.34. The molecule has 6 heteroatoms. The van der Waals surface area contributed by atoms with Crippen molar-refractivity contribution in [3.8, 4) is 11.5 Å². The number of nitrogen functional groups attached to an aromatic ring is 1. The van der Waals surface area contributed by atoms with Gasteiger partial charge >= 0.3 is 0 Å². The molecule has 0 saturated carbocycles. The van der Waals surface area contributed by atoms with Gasteiger partial charge in [0.15, 0.2) is 16.8 Å². The summed E-state index contributed by atoms with van der Waals surface area (Å²) in [7, 11) is 0. The number of fused-ring (bicyclic) bond motifs is 1. The van der Waals surface area contributed by atoms with Gasteiger partial charge < -0.3 is 10.5 Å². The molecule has 0 unspecified atom stereocenters. The maximum absolute atomic E-state index is 5.87. The summed E-state index contributed by atoms with van der Waals surface area (Å²) in [6, 6.07) is 9.29. The zero-order chi connectivity index (χ0) is 13.4. The number of hydrogen-bond acceptors (Lipinski definition) is 5. The van der Waals surface area contributed by atoms with Gasteiger partial charge in [-0.15, -0.1) is 0 Å². The van der Waals surface area contributed by atoms with Crippen LogP contribution in [0, 0.1) is 6.92 Å². The minimum absolute atomic E-state index is 0.505. The number of halogens is 1. The van der Waals surface area contributed by atoms with Crippen molar-refractivity contribution in [1.29, 1.82) is 0 Å². The molecule has 96 valence electrons. The van der Waals surface area contributed by atoms with Crippen LogP contribution in [0.15, 0.2) is 39.4 Å². The van der Waals surface area contributed by atoms with E-state index >= 15 is 0 Å². The Kier molecular flexibility index (Phi) is 2.87. The molecule has 0 spiro atoms. The molecule has 0 aliphatic carbocycles. The molecule has 2 N–H and O–H groups in total. The monoisotopic (exact) mass is 319 g/mol. The van der Waals surface area contributed by atoms with Crippen LogP contribution in [0.3, 0.4) is 0 Å². The lowest BCUT2D eigenvalue weighted by molar-refractivity contribution is 0.314. The van der Waals surface area contributed by atoms with Crippen LogP contribution in [-0.4, -0.2) is 10.3 Å². The van der Waals surface area contributed by atoms with Crippen LogP contribution < -0.4 is 10.5 Å². The summed E-state index contributed by atoms with van der Waals surface area (Å²) in [5.74, 6) is 1.30. The van der Waals surface area contributed by atoms with Gasteiger partial charge in [0.2, 0.25) is 0 Å². The Bertz CT molecular complexity index is 755. The van der Waals surface area contributed by atoms with Crippen LogP contribution in [0.2, 0.25) is 0 Å². The largest absolute Gasteiger partial charge is 0.455 e. The molecule has 0 aliphatic heterocycles. The number of aryl methyl sites for hydroxylation is 1. The zero-order valence-electron chi connectivity index (χ0n) is 10.1. The van der Waals surface area contributed by atoms with Gasteiger partial charge in [-0.25, -0.2) is 4.63 Å². The summed E-state index contributed by atoms with van der Waals surface area (Å²) >= 11 is 3.42. The van der Waals surface area contributed by atoms with Gasteiger partial charge in [-0.1, -0.05) is 22.0 Å². The van der Waals surface area contributed by atoms with Gasteiger partial charge in [-0.3, -0.25) is 0 Å². The van der Waals surface area contributed by atoms with Crippen molar-refractivity contribution in [1.82, 2.24) is 10.3 Å². The Morgan fingerprint density at radius 2 is 1.89 bits per heavy atom. The number of aromatic nitrogens is 2. The first kappa shape index (κ1) is 12.0. The molecule has 0 bridgehead atoms. The van der Waals surface area contributed by atoms with E-state index in [1.54, 1.807) is 12.1 Å². The number of rotatable bonds is 2. The number of ether oxygens (including phenoxy) is 1. The molecule has 0 radical (unpaired) electrons. The maximum atomic E-state index is 5.87. The van der Waals surface area contributed by atoms with Gasteiger partial charge in [0.1, 0.15) is 5.75 Å². The molecule has 1 heterocycles. The Labute approximate surface area is 117 Å². The minimum atomic E-state index is 0.505. The highest BCUT2D eigenvalue weighted by atomic mass is 79.9. The van der Waals surface area contributed by atoms with Gasteiger partial charge in [0.25, 0.3) is 0 Å². The lowest BCUT2D eigenvalue weighted by Gasteiger charge is -2.09. The molecule has 1 aromatic heterocycles. The normalized spacial score (nSPS) is 10.8. The average Bonchev–Trinajstić information content (AvgIpc) is 2.87. The molecular formula is C13H10BrN3O2. The van der Waals surface area contributed by atoms with Gasteiger partial charge in [0.05, 0.1) is 5.69 Å². The lowest BCUT2D eigenvalue weighted by Crippen LogP contribution is -1.91. The molecular weight excluding hydrogens is 310 g/mol. The molecule has 0 saturated heterocycles. The topological polar surface area (TPSA) is 74.2 Å². The van der Waals surface area contributed by atoms with E-state index in [4.69, 9.17) is 15.1 Å². The highest BCUT2D eigenvalue weighted by Crippen LogP contribution is 2.33. The second kappa shape index (κ2) is 4.55. The molecule has 5 nitrogen and oxygen atoms in total. The van der Waals surface area contributed by atoms with E-state index in [0.717, 1.165) is 15.8 Å². The summed E-state index contributed by atoms with van der Waals surface area (Å²) in [5, 5.41) is 7.59.